The number of methoxy groups -OCH3 is 1. The molecular formula is C19H21FN2O4S. The van der Waals surface area contributed by atoms with Crippen LogP contribution in [0.5, 0.6) is 5.75 Å². The summed E-state index contributed by atoms with van der Waals surface area (Å²) in [4.78, 5) is 13.8. The van der Waals surface area contributed by atoms with Gasteiger partial charge in [-0.1, -0.05) is 0 Å². The van der Waals surface area contributed by atoms with Gasteiger partial charge in [0.25, 0.3) is 10.0 Å². The van der Waals surface area contributed by atoms with Gasteiger partial charge < -0.3 is 9.64 Å². The Morgan fingerprint density at radius 2 is 1.93 bits per heavy atom. The van der Waals surface area contributed by atoms with Crippen LogP contribution in [-0.4, -0.2) is 28.0 Å². The van der Waals surface area contributed by atoms with E-state index >= 15 is 0 Å². The largest absolute Gasteiger partial charge is 0.494 e. The van der Waals surface area contributed by atoms with Gasteiger partial charge in [0.2, 0.25) is 5.91 Å². The molecule has 1 saturated heterocycles. The number of carbonyl (C=O) groups is 1. The molecule has 0 bridgehead atoms. The van der Waals surface area contributed by atoms with Crippen LogP contribution >= 0.6 is 0 Å². The number of nitrogens with one attached hydrogen (secondary N) is 1. The third-order valence-corrected chi connectivity index (χ3v) is 5.86. The van der Waals surface area contributed by atoms with Gasteiger partial charge in [0.1, 0.15) is 11.6 Å². The summed E-state index contributed by atoms with van der Waals surface area (Å²) in [5.74, 6) is -0.0402. The number of hydrogen-bond donors (Lipinski definition) is 1. The summed E-state index contributed by atoms with van der Waals surface area (Å²) in [6.07, 6.45) is 2.27. The number of piperidine rings is 1. The number of sulfonamides is 1. The molecule has 1 aliphatic heterocycles. The molecule has 2 aromatic carbocycles. The number of nitrogens with zero attached hydrogens (tertiary/aromatic N) is 1. The maximum atomic E-state index is 13.4. The second-order valence-electron chi connectivity index (χ2n) is 6.41. The minimum absolute atomic E-state index is 0.0228. The Morgan fingerprint density at radius 3 is 2.59 bits per heavy atom. The lowest BCUT2D eigenvalue weighted by Crippen LogP contribution is -2.35. The van der Waals surface area contributed by atoms with E-state index in [0.717, 1.165) is 18.9 Å². The molecule has 1 N–H and O–H groups in total. The van der Waals surface area contributed by atoms with E-state index in [4.69, 9.17) is 4.74 Å². The summed E-state index contributed by atoms with van der Waals surface area (Å²) >= 11 is 0. The van der Waals surface area contributed by atoms with E-state index in [1.807, 2.05) is 0 Å². The zero-order valence-corrected chi connectivity index (χ0v) is 16.0. The molecule has 0 unspecified atom stereocenters. The minimum atomic E-state index is -3.88. The first-order valence-electron chi connectivity index (χ1n) is 8.59. The fourth-order valence-electron chi connectivity index (χ4n) is 3.02. The lowest BCUT2D eigenvalue weighted by atomic mass is 10.1. The van der Waals surface area contributed by atoms with Crippen molar-refractivity contribution in [3.05, 3.63) is 47.8 Å². The molecule has 8 heteroatoms. The third-order valence-electron chi connectivity index (χ3n) is 4.49. The molecule has 3 rings (SSSR count). The van der Waals surface area contributed by atoms with Gasteiger partial charge >= 0.3 is 0 Å². The molecule has 0 aliphatic carbocycles. The van der Waals surface area contributed by atoms with Gasteiger partial charge in [-0.25, -0.2) is 12.8 Å². The standard InChI is InChI=1S/C19H21FN2O4S/c1-13-11-15(7-8-16(13)20)27(24,25)21-14-6-9-17(18(12-14)26-2)22-10-4-3-5-19(22)23/h6-9,11-12,21H,3-5,10H2,1-2H3. The molecule has 1 fully saturated rings. The zero-order valence-electron chi connectivity index (χ0n) is 15.2. The molecule has 1 aliphatic rings. The molecule has 1 heterocycles. The van der Waals surface area contributed by atoms with Crippen molar-refractivity contribution in [1.82, 2.24) is 0 Å². The summed E-state index contributed by atoms with van der Waals surface area (Å²) in [6, 6.07) is 8.38. The lowest BCUT2D eigenvalue weighted by molar-refractivity contribution is -0.119. The van der Waals surface area contributed by atoms with Crippen molar-refractivity contribution in [2.24, 2.45) is 0 Å². The average Bonchev–Trinajstić information content (AvgIpc) is 2.64. The van der Waals surface area contributed by atoms with E-state index in [9.17, 15) is 17.6 Å². The Bertz CT molecular complexity index is 976. The number of aryl methyl sites for hydroxylation is 1. The Hall–Kier alpha value is -2.61. The smallest absolute Gasteiger partial charge is 0.261 e. The Labute approximate surface area is 158 Å². The van der Waals surface area contributed by atoms with E-state index in [1.165, 1.54) is 32.2 Å². The molecule has 27 heavy (non-hydrogen) atoms. The number of hydrogen-bond acceptors (Lipinski definition) is 4. The van der Waals surface area contributed by atoms with E-state index in [-0.39, 0.29) is 16.4 Å². The van der Waals surface area contributed by atoms with Gasteiger partial charge in [0.05, 0.1) is 23.4 Å². The van der Waals surface area contributed by atoms with Gasteiger partial charge in [-0.15, -0.1) is 0 Å². The fraction of sp³-hybridized carbons (Fsp3) is 0.316. The van der Waals surface area contributed by atoms with Crippen molar-refractivity contribution in [3.8, 4) is 5.75 Å². The first-order chi connectivity index (χ1) is 12.8. The van der Waals surface area contributed by atoms with Crippen LogP contribution in [0.25, 0.3) is 0 Å². The van der Waals surface area contributed by atoms with Crippen LogP contribution in [-0.2, 0) is 14.8 Å². The number of carbonyl (C=O) groups excluding carboxylic acids is 1. The highest BCUT2D eigenvalue weighted by Crippen LogP contribution is 2.34. The topological polar surface area (TPSA) is 75.7 Å². The second-order valence-corrected chi connectivity index (χ2v) is 8.09. The first kappa shape index (κ1) is 19.2. The summed E-state index contributed by atoms with van der Waals surface area (Å²) in [5.41, 5.74) is 1.15. The highest BCUT2D eigenvalue weighted by molar-refractivity contribution is 7.92. The molecular weight excluding hydrogens is 371 g/mol. The number of anilines is 2. The van der Waals surface area contributed by atoms with E-state index < -0.39 is 15.8 Å². The maximum absolute atomic E-state index is 13.4. The molecule has 0 saturated carbocycles. The van der Waals surface area contributed by atoms with Crippen molar-refractivity contribution < 1.29 is 22.3 Å². The molecule has 0 aromatic heterocycles. The molecule has 0 spiro atoms. The quantitative estimate of drug-likeness (QED) is 0.846. The van der Waals surface area contributed by atoms with Crippen molar-refractivity contribution in [2.75, 3.05) is 23.3 Å². The van der Waals surface area contributed by atoms with Crippen LogP contribution in [0.3, 0.4) is 0 Å². The number of halogens is 1. The van der Waals surface area contributed by atoms with Gasteiger partial charge in [-0.3, -0.25) is 9.52 Å². The average molecular weight is 392 g/mol. The lowest BCUT2D eigenvalue weighted by Gasteiger charge is -2.28. The molecule has 0 radical (unpaired) electrons. The van der Waals surface area contributed by atoms with Gasteiger partial charge in [-0.05, 0) is 55.7 Å². The summed E-state index contributed by atoms with van der Waals surface area (Å²) < 4.78 is 46.4. The van der Waals surface area contributed by atoms with Crippen LogP contribution in [0.4, 0.5) is 15.8 Å². The van der Waals surface area contributed by atoms with Crippen LogP contribution < -0.4 is 14.4 Å². The molecule has 0 atom stereocenters. The minimum Gasteiger partial charge on any atom is -0.494 e. The summed E-state index contributed by atoms with van der Waals surface area (Å²) in [7, 11) is -2.41. The SMILES string of the molecule is COc1cc(NS(=O)(=O)c2ccc(F)c(C)c2)ccc1N1CCCCC1=O. The zero-order chi connectivity index (χ0) is 19.6. The highest BCUT2D eigenvalue weighted by Gasteiger charge is 2.23. The van der Waals surface area contributed by atoms with Gasteiger partial charge in [0.15, 0.2) is 0 Å². The van der Waals surface area contributed by atoms with Crippen molar-refractivity contribution >= 4 is 27.3 Å². The predicted octanol–water partition coefficient (Wildman–Crippen LogP) is 3.46. The number of ether oxygens (including phenoxy) is 1. The molecule has 1 amide bonds. The molecule has 2 aromatic rings. The summed E-state index contributed by atoms with van der Waals surface area (Å²) in [6.45, 7) is 2.11. The van der Waals surface area contributed by atoms with Crippen LogP contribution in [0.1, 0.15) is 24.8 Å². The normalized spacial score (nSPS) is 14.9. The predicted molar refractivity (Wildman–Crippen MR) is 101 cm³/mol. The van der Waals surface area contributed by atoms with Crippen LogP contribution in [0.15, 0.2) is 41.3 Å². The second kappa shape index (κ2) is 7.56. The van der Waals surface area contributed by atoms with Crippen molar-refractivity contribution in [1.29, 1.82) is 0 Å². The van der Waals surface area contributed by atoms with Gasteiger partial charge in [0, 0.05) is 19.0 Å². The Balaban J connectivity index is 1.89. The van der Waals surface area contributed by atoms with Crippen LogP contribution in [0.2, 0.25) is 0 Å². The Morgan fingerprint density at radius 1 is 1.15 bits per heavy atom. The maximum Gasteiger partial charge on any atom is 0.261 e. The highest BCUT2D eigenvalue weighted by atomic mass is 32.2. The monoisotopic (exact) mass is 392 g/mol. The molecule has 6 nitrogen and oxygen atoms in total. The third kappa shape index (κ3) is 4.05. The number of amides is 1. The van der Waals surface area contributed by atoms with Crippen LogP contribution in [0, 0.1) is 12.7 Å². The number of benzene rings is 2. The summed E-state index contributed by atoms with van der Waals surface area (Å²) in [5, 5.41) is 0. The van der Waals surface area contributed by atoms with Crippen molar-refractivity contribution in [3.63, 3.8) is 0 Å². The Kier molecular flexibility index (Phi) is 5.36. The first-order valence-corrected chi connectivity index (χ1v) is 10.1. The van der Waals surface area contributed by atoms with E-state index in [1.54, 1.807) is 17.0 Å². The van der Waals surface area contributed by atoms with Gasteiger partial charge in [-0.2, -0.15) is 0 Å². The van der Waals surface area contributed by atoms with E-state index in [0.29, 0.717) is 30.1 Å². The molecule has 144 valence electrons. The number of rotatable bonds is 5. The van der Waals surface area contributed by atoms with Crippen molar-refractivity contribution in [2.45, 2.75) is 31.1 Å². The fourth-order valence-corrected chi connectivity index (χ4v) is 4.16. The van der Waals surface area contributed by atoms with E-state index in [2.05, 4.69) is 4.72 Å².